The van der Waals surface area contributed by atoms with E-state index in [1.54, 1.807) is 6.33 Å². The highest BCUT2D eigenvalue weighted by Gasteiger charge is 2.18. The van der Waals surface area contributed by atoms with Crippen molar-refractivity contribution in [2.45, 2.75) is 19.4 Å². The van der Waals surface area contributed by atoms with E-state index in [0.29, 0.717) is 6.61 Å². The monoisotopic (exact) mass is 340 g/mol. The summed E-state index contributed by atoms with van der Waals surface area (Å²) in [5, 5.41) is 3.51. The second-order valence-electron chi connectivity index (χ2n) is 6.46. The maximum Gasteiger partial charge on any atom is 0.133 e. The van der Waals surface area contributed by atoms with Gasteiger partial charge in [-0.15, -0.1) is 0 Å². The first-order valence-corrected chi connectivity index (χ1v) is 8.97. The van der Waals surface area contributed by atoms with Crippen LogP contribution in [0.1, 0.15) is 23.2 Å². The second kappa shape index (κ2) is 7.80. The lowest BCUT2D eigenvalue weighted by atomic mass is 10.0. The van der Waals surface area contributed by atoms with Crippen molar-refractivity contribution in [3.63, 3.8) is 0 Å². The molecule has 4 rings (SSSR count). The van der Waals surface area contributed by atoms with Gasteiger partial charge in [0.1, 0.15) is 24.5 Å². The first-order valence-electron chi connectivity index (χ1n) is 8.97. The summed E-state index contributed by atoms with van der Waals surface area (Å²) in [7, 11) is 0. The zero-order valence-corrected chi connectivity index (χ0v) is 14.4. The molecular formula is C19H24N4O2. The van der Waals surface area contributed by atoms with Gasteiger partial charge in [-0.3, -0.25) is 4.90 Å². The second-order valence-corrected chi connectivity index (χ2v) is 6.46. The molecule has 2 aliphatic rings. The number of para-hydroxylation sites is 1. The molecule has 0 amide bonds. The summed E-state index contributed by atoms with van der Waals surface area (Å²) < 4.78 is 11.3. The van der Waals surface area contributed by atoms with Crippen LogP contribution in [-0.2, 0) is 17.8 Å². The fraction of sp³-hybridized carbons (Fsp3) is 0.474. The van der Waals surface area contributed by atoms with Crippen molar-refractivity contribution in [1.29, 1.82) is 0 Å². The number of hydrogen-bond acceptors (Lipinski definition) is 6. The van der Waals surface area contributed by atoms with Gasteiger partial charge in [-0.1, -0.05) is 18.2 Å². The van der Waals surface area contributed by atoms with Crippen LogP contribution in [0.2, 0.25) is 0 Å². The van der Waals surface area contributed by atoms with Gasteiger partial charge in [-0.2, -0.15) is 0 Å². The number of nitrogens with zero attached hydrogens (tertiary/aromatic N) is 3. The van der Waals surface area contributed by atoms with Gasteiger partial charge in [-0.05, 0) is 24.6 Å². The minimum atomic E-state index is 0.497. The molecule has 0 atom stereocenters. The van der Waals surface area contributed by atoms with Crippen LogP contribution in [0.5, 0.6) is 5.75 Å². The standard InChI is InChI=1S/C19H24N4O2/c1-2-5-18-15(4-1)12-16-17(13-25-18)21-14-22-19(16)20-6-3-7-23-8-10-24-11-9-23/h1-2,4-5,14H,3,6-13H2,(H,20,21,22). The van der Waals surface area contributed by atoms with E-state index in [0.717, 1.165) is 75.1 Å². The van der Waals surface area contributed by atoms with Crippen LogP contribution in [0.3, 0.4) is 0 Å². The molecule has 0 bridgehead atoms. The maximum atomic E-state index is 5.90. The highest BCUT2D eigenvalue weighted by Crippen LogP contribution is 2.29. The van der Waals surface area contributed by atoms with Crippen molar-refractivity contribution < 1.29 is 9.47 Å². The number of aromatic nitrogens is 2. The molecule has 1 aromatic heterocycles. The van der Waals surface area contributed by atoms with Crippen molar-refractivity contribution in [3.05, 3.63) is 47.4 Å². The van der Waals surface area contributed by atoms with E-state index in [9.17, 15) is 0 Å². The summed E-state index contributed by atoms with van der Waals surface area (Å²) in [5.41, 5.74) is 3.31. The van der Waals surface area contributed by atoms with Gasteiger partial charge in [0.25, 0.3) is 0 Å². The Morgan fingerprint density at radius 2 is 2.00 bits per heavy atom. The normalized spacial score (nSPS) is 17.1. The molecule has 6 heteroatoms. The average Bonchev–Trinajstić information content (AvgIpc) is 2.86. The SMILES string of the molecule is c1ccc2c(c1)Cc1c(ncnc1NCCCN1CCOCC1)CO2. The van der Waals surface area contributed by atoms with Crippen LogP contribution in [0.15, 0.2) is 30.6 Å². The summed E-state index contributed by atoms with van der Waals surface area (Å²) >= 11 is 0. The van der Waals surface area contributed by atoms with Crippen molar-refractivity contribution in [2.75, 3.05) is 44.7 Å². The lowest BCUT2D eigenvalue weighted by Crippen LogP contribution is -2.37. The molecule has 1 aromatic carbocycles. The Hall–Kier alpha value is -2.18. The number of benzene rings is 1. The minimum Gasteiger partial charge on any atom is -0.487 e. The van der Waals surface area contributed by atoms with Gasteiger partial charge in [0, 0.05) is 31.6 Å². The predicted molar refractivity (Wildman–Crippen MR) is 96.0 cm³/mol. The lowest BCUT2D eigenvalue weighted by molar-refractivity contribution is 0.0378. The smallest absolute Gasteiger partial charge is 0.133 e. The summed E-state index contributed by atoms with van der Waals surface area (Å²) in [6.07, 6.45) is 3.52. The number of rotatable bonds is 5. The van der Waals surface area contributed by atoms with E-state index in [2.05, 4.69) is 26.3 Å². The first kappa shape index (κ1) is 16.3. The molecule has 2 aromatic rings. The fourth-order valence-electron chi connectivity index (χ4n) is 3.37. The fourth-order valence-corrected chi connectivity index (χ4v) is 3.37. The Labute approximate surface area is 148 Å². The van der Waals surface area contributed by atoms with Crippen LogP contribution < -0.4 is 10.1 Å². The molecule has 1 fully saturated rings. The van der Waals surface area contributed by atoms with Crippen LogP contribution in [-0.4, -0.2) is 54.3 Å². The van der Waals surface area contributed by atoms with E-state index in [-0.39, 0.29) is 0 Å². The summed E-state index contributed by atoms with van der Waals surface area (Å²) in [5.74, 6) is 1.88. The Kier molecular flexibility index (Phi) is 5.09. The van der Waals surface area contributed by atoms with Gasteiger partial charge >= 0.3 is 0 Å². The molecule has 0 saturated carbocycles. The topological polar surface area (TPSA) is 59.5 Å². The zero-order chi connectivity index (χ0) is 16.9. The van der Waals surface area contributed by atoms with Crippen molar-refractivity contribution in [1.82, 2.24) is 14.9 Å². The first-order chi connectivity index (χ1) is 12.4. The summed E-state index contributed by atoms with van der Waals surface area (Å²) in [6, 6.07) is 8.18. The van der Waals surface area contributed by atoms with Gasteiger partial charge in [0.05, 0.1) is 18.9 Å². The van der Waals surface area contributed by atoms with E-state index in [4.69, 9.17) is 9.47 Å². The summed E-state index contributed by atoms with van der Waals surface area (Å²) in [6.45, 7) is 6.28. The number of morpholine rings is 1. The Bertz CT molecular complexity index is 716. The molecule has 6 nitrogen and oxygen atoms in total. The molecule has 0 unspecified atom stereocenters. The zero-order valence-electron chi connectivity index (χ0n) is 14.4. The molecule has 0 radical (unpaired) electrons. The van der Waals surface area contributed by atoms with Gasteiger partial charge in [0.2, 0.25) is 0 Å². The number of nitrogens with one attached hydrogen (secondary N) is 1. The molecular weight excluding hydrogens is 316 g/mol. The molecule has 2 aliphatic heterocycles. The number of hydrogen-bond donors (Lipinski definition) is 1. The highest BCUT2D eigenvalue weighted by molar-refractivity contribution is 5.51. The van der Waals surface area contributed by atoms with Crippen LogP contribution >= 0.6 is 0 Å². The van der Waals surface area contributed by atoms with Gasteiger partial charge in [0.15, 0.2) is 0 Å². The summed E-state index contributed by atoms with van der Waals surface area (Å²) in [4.78, 5) is 11.4. The van der Waals surface area contributed by atoms with Gasteiger partial charge < -0.3 is 14.8 Å². The quantitative estimate of drug-likeness (QED) is 0.841. The van der Waals surface area contributed by atoms with E-state index >= 15 is 0 Å². The van der Waals surface area contributed by atoms with Crippen molar-refractivity contribution in [3.8, 4) is 5.75 Å². The van der Waals surface area contributed by atoms with Gasteiger partial charge in [-0.25, -0.2) is 9.97 Å². The number of ether oxygens (including phenoxy) is 2. The lowest BCUT2D eigenvalue weighted by Gasteiger charge is -2.26. The van der Waals surface area contributed by atoms with E-state index in [1.807, 2.05) is 18.2 Å². The van der Waals surface area contributed by atoms with Crippen LogP contribution in [0.25, 0.3) is 0 Å². The minimum absolute atomic E-state index is 0.497. The van der Waals surface area contributed by atoms with Crippen molar-refractivity contribution in [2.24, 2.45) is 0 Å². The van der Waals surface area contributed by atoms with Crippen LogP contribution in [0.4, 0.5) is 5.82 Å². The largest absolute Gasteiger partial charge is 0.487 e. The highest BCUT2D eigenvalue weighted by atomic mass is 16.5. The third kappa shape index (κ3) is 3.91. The predicted octanol–water partition coefficient (Wildman–Crippen LogP) is 2.09. The van der Waals surface area contributed by atoms with Crippen molar-refractivity contribution >= 4 is 5.82 Å². The Morgan fingerprint density at radius 3 is 2.92 bits per heavy atom. The molecule has 25 heavy (non-hydrogen) atoms. The van der Waals surface area contributed by atoms with Crippen LogP contribution in [0, 0.1) is 0 Å². The van der Waals surface area contributed by atoms with E-state index in [1.165, 1.54) is 5.56 Å². The third-order valence-corrected chi connectivity index (χ3v) is 4.79. The molecule has 132 valence electrons. The molecule has 3 heterocycles. The number of fused-ring (bicyclic) bond motifs is 2. The average molecular weight is 340 g/mol. The molecule has 1 N–H and O–H groups in total. The molecule has 0 spiro atoms. The number of anilines is 1. The maximum absolute atomic E-state index is 5.90. The Balaban J connectivity index is 1.40. The third-order valence-electron chi connectivity index (χ3n) is 4.79. The molecule has 1 saturated heterocycles. The van der Waals surface area contributed by atoms with E-state index < -0.39 is 0 Å². The molecule has 0 aliphatic carbocycles. The Morgan fingerprint density at radius 1 is 1.12 bits per heavy atom.